The maximum atomic E-state index is 5.85. The molecule has 0 aliphatic heterocycles. The molecule has 0 fully saturated rings. The number of benzene rings is 1. The molecule has 102 valence electrons. The molecule has 0 heterocycles. The highest BCUT2D eigenvalue weighted by Gasteiger charge is 2.13. The summed E-state index contributed by atoms with van der Waals surface area (Å²) in [6, 6.07) is 8.49. The Hall–Kier alpha value is -0.500. The number of hydrogen-bond donors (Lipinski definition) is 0. The molecular formula is C16H25BrO. The van der Waals surface area contributed by atoms with Crippen molar-refractivity contribution < 1.29 is 4.74 Å². The smallest absolute Gasteiger partial charge is 0.119 e. The summed E-state index contributed by atoms with van der Waals surface area (Å²) in [4.78, 5) is 0. The van der Waals surface area contributed by atoms with Gasteiger partial charge in [-0.2, -0.15) is 0 Å². The lowest BCUT2D eigenvalue weighted by Gasteiger charge is -2.19. The van der Waals surface area contributed by atoms with E-state index in [1.54, 1.807) is 0 Å². The minimum Gasteiger partial charge on any atom is -0.493 e. The number of ether oxygens (including phenoxy) is 1. The number of hydrogen-bond acceptors (Lipinski definition) is 1. The molecule has 1 aromatic carbocycles. The van der Waals surface area contributed by atoms with Crippen molar-refractivity contribution in [3.63, 3.8) is 0 Å². The van der Waals surface area contributed by atoms with Crippen LogP contribution in [0.5, 0.6) is 5.75 Å². The minimum atomic E-state index is 0.207. The van der Waals surface area contributed by atoms with Gasteiger partial charge in [-0.25, -0.2) is 0 Å². The van der Waals surface area contributed by atoms with Crippen molar-refractivity contribution in [2.45, 2.75) is 46.0 Å². The maximum Gasteiger partial charge on any atom is 0.119 e. The topological polar surface area (TPSA) is 9.23 Å². The van der Waals surface area contributed by atoms with Crippen LogP contribution in [-0.2, 0) is 5.41 Å². The van der Waals surface area contributed by atoms with Gasteiger partial charge in [-0.15, -0.1) is 0 Å². The lowest BCUT2D eigenvalue weighted by atomic mass is 9.87. The molecule has 0 N–H and O–H groups in total. The molecule has 1 rings (SSSR count). The number of rotatable bonds is 6. The Balaban J connectivity index is 2.53. The average molecular weight is 313 g/mol. The van der Waals surface area contributed by atoms with E-state index in [0.717, 1.165) is 17.7 Å². The molecule has 1 atom stereocenters. The van der Waals surface area contributed by atoms with Gasteiger partial charge in [-0.1, -0.05) is 62.2 Å². The molecule has 1 nitrogen and oxygen atoms in total. The Morgan fingerprint density at radius 2 is 1.78 bits per heavy atom. The van der Waals surface area contributed by atoms with E-state index in [1.165, 1.54) is 18.4 Å². The molecule has 0 aliphatic carbocycles. The molecule has 18 heavy (non-hydrogen) atoms. The van der Waals surface area contributed by atoms with Gasteiger partial charge >= 0.3 is 0 Å². The fourth-order valence-corrected chi connectivity index (χ4v) is 2.39. The van der Waals surface area contributed by atoms with Gasteiger partial charge in [0.1, 0.15) is 5.75 Å². The zero-order valence-electron chi connectivity index (χ0n) is 12.0. The second-order valence-electron chi connectivity index (χ2n) is 5.89. The number of alkyl halides is 1. The predicted octanol–water partition coefficient (Wildman–Crippen LogP) is 5.17. The van der Waals surface area contributed by atoms with Crippen LogP contribution in [0.1, 0.15) is 46.1 Å². The standard InChI is InChI=1S/C16H25BrO/c1-5-6-13(11-17)12-18-15-9-7-14(8-10-15)16(2,3)4/h7-10,13H,5-6,11-12H2,1-4H3. The Morgan fingerprint density at radius 3 is 2.22 bits per heavy atom. The molecule has 0 aliphatic rings. The highest BCUT2D eigenvalue weighted by molar-refractivity contribution is 9.09. The van der Waals surface area contributed by atoms with Crippen molar-refractivity contribution in [2.75, 3.05) is 11.9 Å². The lowest BCUT2D eigenvalue weighted by molar-refractivity contribution is 0.255. The van der Waals surface area contributed by atoms with Gasteiger partial charge in [-0.3, -0.25) is 0 Å². The molecule has 0 amide bonds. The summed E-state index contributed by atoms with van der Waals surface area (Å²) in [7, 11) is 0. The molecule has 2 heteroatoms. The van der Waals surface area contributed by atoms with Crippen molar-refractivity contribution in [3.8, 4) is 5.75 Å². The first-order chi connectivity index (χ1) is 8.47. The summed E-state index contributed by atoms with van der Waals surface area (Å²) in [5, 5.41) is 1.01. The molecule has 0 spiro atoms. The fourth-order valence-electron chi connectivity index (χ4n) is 1.88. The molecule has 0 aromatic heterocycles. The van der Waals surface area contributed by atoms with Crippen LogP contribution in [-0.4, -0.2) is 11.9 Å². The van der Waals surface area contributed by atoms with Gasteiger partial charge in [0.2, 0.25) is 0 Å². The van der Waals surface area contributed by atoms with Crippen molar-refractivity contribution >= 4 is 15.9 Å². The Morgan fingerprint density at radius 1 is 1.17 bits per heavy atom. The number of halogens is 1. The average Bonchev–Trinajstić information content (AvgIpc) is 2.34. The maximum absolute atomic E-state index is 5.85. The third-order valence-electron chi connectivity index (χ3n) is 3.12. The summed E-state index contributed by atoms with van der Waals surface area (Å²) >= 11 is 3.55. The van der Waals surface area contributed by atoms with E-state index in [0.29, 0.717) is 5.92 Å². The van der Waals surface area contributed by atoms with Crippen LogP contribution in [0, 0.1) is 5.92 Å². The van der Waals surface area contributed by atoms with Crippen LogP contribution >= 0.6 is 15.9 Å². The molecule has 0 radical (unpaired) electrons. The SMILES string of the molecule is CCCC(CBr)COc1ccc(C(C)(C)C)cc1. The van der Waals surface area contributed by atoms with E-state index in [2.05, 4.69) is 67.9 Å². The van der Waals surface area contributed by atoms with Gasteiger partial charge in [0.15, 0.2) is 0 Å². The van der Waals surface area contributed by atoms with Gasteiger partial charge in [0, 0.05) is 11.2 Å². The third kappa shape index (κ3) is 5.01. The zero-order chi connectivity index (χ0) is 13.6. The van der Waals surface area contributed by atoms with Gasteiger partial charge in [0.05, 0.1) is 6.61 Å². The first kappa shape index (κ1) is 15.6. The van der Waals surface area contributed by atoms with Crippen LogP contribution in [0.3, 0.4) is 0 Å². The van der Waals surface area contributed by atoms with E-state index in [-0.39, 0.29) is 5.41 Å². The van der Waals surface area contributed by atoms with E-state index in [4.69, 9.17) is 4.74 Å². The van der Waals surface area contributed by atoms with E-state index in [9.17, 15) is 0 Å². The molecule has 0 saturated heterocycles. The van der Waals surface area contributed by atoms with E-state index in [1.807, 2.05) is 0 Å². The van der Waals surface area contributed by atoms with E-state index >= 15 is 0 Å². The normalized spacial score (nSPS) is 13.4. The Kier molecular flexibility index (Phi) is 6.20. The molecule has 1 aromatic rings. The molecular weight excluding hydrogens is 288 g/mol. The van der Waals surface area contributed by atoms with Gasteiger partial charge in [0.25, 0.3) is 0 Å². The van der Waals surface area contributed by atoms with Crippen LogP contribution in [0.25, 0.3) is 0 Å². The molecule has 0 bridgehead atoms. The highest BCUT2D eigenvalue weighted by atomic mass is 79.9. The summed E-state index contributed by atoms with van der Waals surface area (Å²) in [6.07, 6.45) is 2.42. The van der Waals surface area contributed by atoms with Crippen molar-refractivity contribution in [1.82, 2.24) is 0 Å². The Bertz CT molecular complexity index is 337. The summed E-state index contributed by atoms with van der Waals surface area (Å²) < 4.78 is 5.85. The second-order valence-corrected chi connectivity index (χ2v) is 6.54. The first-order valence-electron chi connectivity index (χ1n) is 6.76. The molecule has 0 saturated carbocycles. The fraction of sp³-hybridized carbons (Fsp3) is 0.625. The van der Waals surface area contributed by atoms with Crippen molar-refractivity contribution in [1.29, 1.82) is 0 Å². The monoisotopic (exact) mass is 312 g/mol. The first-order valence-corrected chi connectivity index (χ1v) is 7.88. The highest BCUT2D eigenvalue weighted by Crippen LogP contribution is 2.24. The van der Waals surface area contributed by atoms with Crippen LogP contribution < -0.4 is 4.74 Å². The quantitative estimate of drug-likeness (QED) is 0.658. The minimum absolute atomic E-state index is 0.207. The second kappa shape index (κ2) is 7.18. The van der Waals surface area contributed by atoms with Crippen molar-refractivity contribution in [3.05, 3.63) is 29.8 Å². The predicted molar refractivity (Wildman–Crippen MR) is 82.8 cm³/mol. The van der Waals surface area contributed by atoms with Crippen molar-refractivity contribution in [2.24, 2.45) is 5.92 Å². The summed E-state index contributed by atoms with van der Waals surface area (Å²) in [5.41, 5.74) is 1.56. The summed E-state index contributed by atoms with van der Waals surface area (Å²) in [6.45, 7) is 9.70. The third-order valence-corrected chi connectivity index (χ3v) is 4.04. The van der Waals surface area contributed by atoms with Gasteiger partial charge < -0.3 is 4.74 Å². The van der Waals surface area contributed by atoms with Crippen LogP contribution in [0.2, 0.25) is 0 Å². The largest absolute Gasteiger partial charge is 0.493 e. The zero-order valence-corrected chi connectivity index (χ0v) is 13.6. The van der Waals surface area contributed by atoms with Crippen LogP contribution in [0.15, 0.2) is 24.3 Å². The van der Waals surface area contributed by atoms with Crippen LogP contribution in [0.4, 0.5) is 0 Å². The molecule has 1 unspecified atom stereocenters. The lowest BCUT2D eigenvalue weighted by Crippen LogP contribution is -2.14. The van der Waals surface area contributed by atoms with Gasteiger partial charge in [-0.05, 0) is 29.5 Å². The summed E-state index contributed by atoms with van der Waals surface area (Å²) in [5.74, 6) is 1.59. The Labute approximate surface area is 120 Å². The van der Waals surface area contributed by atoms with E-state index < -0.39 is 0 Å².